The van der Waals surface area contributed by atoms with Crippen molar-refractivity contribution in [2.24, 2.45) is 0 Å². The fourth-order valence-electron chi connectivity index (χ4n) is 4.27. The quantitative estimate of drug-likeness (QED) is 0.266. The SMILES string of the molecule is CCOc1ccc(N2C(=O)C(=O)/C(=C(\O)c3cccc(OC)c3)C2c2ccc(C(C)C)cc2)cc1. The van der Waals surface area contributed by atoms with Gasteiger partial charge in [-0.25, -0.2) is 0 Å². The fraction of sp³-hybridized carbons (Fsp3) is 0.241. The van der Waals surface area contributed by atoms with Gasteiger partial charge in [-0.1, -0.05) is 50.2 Å². The van der Waals surface area contributed by atoms with Gasteiger partial charge < -0.3 is 14.6 Å². The number of ether oxygens (including phenoxy) is 2. The lowest BCUT2D eigenvalue weighted by Gasteiger charge is -2.26. The van der Waals surface area contributed by atoms with Crippen molar-refractivity contribution in [3.63, 3.8) is 0 Å². The number of carbonyl (C=O) groups is 2. The van der Waals surface area contributed by atoms with E-state index in [4.69, 9.17) is 9.47 Å². The molecule has 3 aromatic rings. The van der Waals surface area contributed by atoms with E-state index in [1.54, 1.807) is 48.5 Å². The van der Waals surface area contributed by atoms with Crippen LogP contribution in [0.25, 0.3) is 5.76 Å². The first-order chi connectivity index (χ1) is 16.8. The zero-order valence-corrected chi connectivity index (χ0v) is 20.3. The lowest BCUT2D eigenvalue weighted by Crippen LogP contribution is -2.29. The Labute approximate surface area is 205 Å². The number of hydrogen-bond donors (Lipinski definition) is 1. The molecule has 6 nitrogen and oxygen atoms in total. The highest BCUT2D eigenvalue weighted by Gasteiger charge is 2.47. The molecule has 1 saturated heterocycles. The van der Waals surface area contributed by atoms with Crippen LogP contribution in [-0.2, 0) is 9.59 Å². The number of anilines is 1. The number of Topliss-reactive ketones (excluding diaryl/α,β-unsaturated/α-hetero) is 1. The third-order valence-corrected chi connectivity index (χ3v) is 6.13. The van der Waals surface area contributed by atoms with E-state index in [0.29, 0.717) is 35.3 Å². The number of rotatable bonds is 7. The molecule has 0 saturated carbocycles. The van der Waals surface area contributed by atoms with Crippen LogP contribution in [0.15, 0.2) is 78.4 Å². The van der Waals surface area contributed by atoms with E-state index in [1.807, 2.05) is 31.2 Å². The van der Waals surface area contributed by atoms with Gasteiger partial charge in [-0.2, -0.15) is 0 Å². The normalized spacial score (nSPS) is 17.2. The van der Waals surface area contributed by atoms with Crippen molar-refractivity contribution in [3.8, 4) is 11.5 Å². The van der Waals surface area contributed by atoms with E-state index < -0.39 is 17.7 Å². The van der Waals surface area contributed by atoms with E-state index >= 15 is 0 Å². The van der Waals surface area contributed by atoms with Gasteiger partial charge in [-0.15, -0.1) is 0 Å². The molecule has 6 heteroatoms. The van der Waals surface area contributed by atoms with E-state index in [-0.39, 0.29) is 11.3 Å². The molecular formula is C29H29NO5. The van der Waals surface area contributed by atoms with Gasteiger partial charge in [0, 0.05) is 11.3 Å². The molecule has 0 aromatic heterocycles. The summed E-state index contributed by atoms with van der Waals surface area (Å²) < 4.78 is 10.8. The third-order valence-electron chi connectivity index (χ3n) is 6.13. The van der Waals surface area contributed by atoms with Gasteiger partial charge in [0.05, 0.1) is 25.3 Å². The minimum atomic E-state index is -0.791. The summed E-state index contributed by atoms with van der Waals surface area (Å²) in [5.74, 6) is -0.143. The maximum atomic E-state index is 13.3. The van der Waals surface area contributed by atoms with Crippen LogP contribution >= 0.6 is 0 Å². The molecule has 1 N–H and O–H groups in total. The van der Waals surface area contributed by atoms with Crippen molar-refractivity contribution >= 4 is 23.1 Å². The lowest BCUT2D eigenvalue weighted by molar-refractivity contribution is -0.132. The van der Waals surface area contributed by atoms with Gasteiger partial charge in [0.2, 0.25) is 0 Å². The number of amides is 1. The van der Waals surface area contributed by atoms with Crippen molar-refractivity contribution in [2.45, 2.75) is 32.7 Å². The molecular weight excluding hydrogens is 442 g/mol. The Hall–Kier alpha value is -4.06. The summed E-state index contributed by atoms with van der Waals surface area (Å²) in [5.41, 5.74) is 2.84. The minimum Gasteiger partial charge on any atom is -0.507 e. The maximum Gasteiger partial charge on any atom is 0.300 e. The third kappa shape index (κ3) is 4.64. The first-order valence-electron chi connectivity index (χ1n) is 11.6. The minimum absolute atomic E-state index is 0.0365. The molecule has 0 bridgehead atoms. The summed E-state index contributed by atoms with van der Waals surface area (Å²) in [7, 11) is 1.53. The van der Waals surface area contributed by atoms with Crippen molar-refractivity contribution in [1.29, 1.82) is 0 Å². The van der Waals surface area contributed by atoms with Crippen LogP contribution in [0.2, 0.25) is 0 Å². The summed E-state index contributed by atoms with van der Waals surface area (Å²) in [6.45, 7) is 6.62. The molecule has 3 aromatic carbocycles. The molecule has 4 rings (SSSR count). The molecule has 1 amide bonds. The Morgan fingerprint density at radius 2 is 1.66 bits per heavy atom. The Kier molecular flexibility index (Phi) is 6.92. The van der Waals surface area contributed by atoms with Crippen molar-refractivity contribution < 1.29 is 24.2 Å². The molecule has 180 valence electrons. The summed E-state index contributed by atoms with van der Waals surface area (Å²) in [5, 5.41) is 11.3. The maximum absolute atomic E-state index is 13.3. The summed E-state index contributed by atoms with van der Waals surface area (Å²) in [6, 6.07) is 20.8. The van der Waals surface area contributed by atoms with Crippen molar-refractivity contribution in [3.05, 3.63) is 95.1 Å². The van der Waals surface area contributed by atoms with Crippen LogP contribution < -0.4 is 14.4 Å². The highest BCUT2D eigenvalue weighted by molar-refractivity contribution is 6.51. The van der Waals surface area contributed by atoms with E-state index in [9.17, 15) is 14.7 Å². The predicted octanol–water partition coefficient (Wildman–Crippen LogP) is 5.84. The standard InChI is InChI=1S/C29H29NO5/c1-5-35-23-15-13-22(14-16-23)30-26(20-11-9-19(10-12-20)18(2)3)25(28(32)29(30)33)27(31)21-7-6-8-24(17-21)34-4/h6-18,26,31H,5H2,1-4H3/b27-25-. The van der Waals surface area contributed by atoms with Gasteiger partial charge in [0.1, 0.15) is 17.3 Å². The second kappa shape index (κ2) is 10.1. The second-order valence-corrected chi connectivity index (χ2v) is 8.65. The number of carbonyl (C=O) groups excluding carboxylic acids is 2. The number of benzene rings is 3. The zero-order chi connectivity index (χ0) is 25.1. The van der Waals surface area contributed by atoms with Gasteiger partial charge in [0.15, 0.2) is 0 Å². The number of ketones is 1. The van der Waals surface area contributed by atoms with Crippen LogP contribution in [0.5, 0.6) is 11.5 Å². The summed E-state index contributed by atoms with van der Waals surface area (Å²) in [6.07, 6.45) is 0. The number of aliphatic hydroxyl groups excluding tert-OH is 1. The Morgan fingerprint density at radius 3 is 2.26 bits per heavy atom. The van der Waals surface area contributed by atoms with Gasteiger partial charge >= 0.3 is 0 Å². The van der Waals surface area contributed by atoms with Crippen LogP contribution in [0.1, 0.15) is 49.4 Å². The van der Waals surface area contributed by atoms with Crippen LogP contribution in [-0.4, -0.2) is 30.5 Å². The molecule has 0 aliphatic carbocycles. The van der Waals surface area contributed by atoms with Gasteiger partial charge in [-0.05, 0) is 60.4 Å². The largest absolute Gasteiger partial charge is 0.507 e. The van der Waals surface area contributed by atoms with Crippen LogP contribution in [0, 0.1) is 0 Å². The van der Waals surface area contributed by atoms with E-state index in [0.717, 1.165) is 11.1 Å². The van der Waals surface area contributed by atoms with E-state index in [1.165, 1.54) is 12.0 Å². The number of aliphatic hydroxyl groups is 1. The Bertz CT molecular complexity index is 1260. The molecule has 1 atom stereocenters. The predicted molar refractivity (Wildman–Crippen MR) is 136 cm³/mol. The Balaban J connectivity index is 1.88. The molecule has 1 heterocycles. The zero-order valence-electron chi connectivity index (χ0n) is 20.3. The molecule has 1 aliphatic rings. The lowest BCUT2D eigenvalue weighted by atomic mass is 9.93. The number of hydrogen-bond acceptors (Lipinski definition) is 5. The number of methoxy groups -OCH3 is 1. The molecule has 1 unspecified atom stereocenters. The number of nitrogens with zero attached hydrogens (tertiary/aromatic N) is 1. The highest BCUT2D eigenvalue weighted by Crippen LogP contribution is 2.43. The molecule has 35 heavy (non-hydrogen) atoms. The van der Waals surface area contributed by atoms with Crippen molar-refractivity contribution in [2.75, 3.05) is 18.6 Å². The molecule has 0 spiro atoms. The average Bonchev–Trinajstić information content (AvgIpc) is 3.14. The van der Waals surface area contributed by atoms with E-state index in [2.05, 4.69) is 13.8 Å². The van der Waals surface area contributed by atoms with Gasteiger partial charge in [0.25, 0.3) is 11.7 Å². The monoisotopic (exact) mass is 471 g/mol. The highest BCUT2D eigenvalue weighted by atomic mass is 16.5. The fourth-order valence-corrected chi connectivity index (χ4v) is 4.27. The Morgan fingerprint density at radius 1 is 0.971 bits per heavy atom. The first kappa shape index (κ1) is 24.1. The first-order valence-corrected chi connectivity index (χ1v) is 11.6. The molecule has 1 aliphatic heterocycles. The van der Waals surface area contributed by atoms with Gasteiger partial charge in [-0.3, -0.25) is 14.5 Å². The summed E-state index contributed by atoms with van der Waals surface area (Å²) in [4.78, 5) is 28.1. The average molecular weight is 472 g/mol. The topological polar surface area (TPSA) is 76.1 Å². The second-order valence-electron chi connectivity index (χ2n) is 8.65. The molecule has 0 radical (unpaired) electrons. The van der Waals surface area contributed by atoms with Crippen molar-refractivity contribution in [1.82, 2.24) is 0 Å². The smallest absolute Gasteiger partial charge is 0.300 e. The summed E-state index contributed by atoms with van der Waals surface area (Å²) >= 11 is 0. The van der Waals surface area contributed by atoms with Crippen LogP contribution in [0.4, 0.5) is 5.69 Å². The molecule has 1 fully saturated rings. The van der Waals surface area contributed by atoms with Crippen LogP contribution in [0.3, 0.4) is 0 Å².